The second-order valence-corrected chi connectivity index (χ2v) is 3.88. The third-order valence-electron chi connectivity index (χ3n) is 2.55. The number of aromatic nitrogens is 3. The highest BCUT2D eigenvalue weighted by atomic mass is 16.3. The Balaban J connectivity index is 1.81. The molecule has 0 bridgehead atoms. The maximum absolute atomic E-state index is 5.15. The van der Waals surface area contributed by atoms with Gasteiger partial charge in [0.15, 0.2) is 6.39 Å². The van der Waals surface area contributed by atoms with Crippen LogP contribution in [0.4, 0.5) is 5.69 Å². The monoisotopic (exact) mass is 228 g/mol. The molecular weight excluding hydrogens is 216 g/mol. The summed E-state index contributed by atoms with van der Waals surface area (Å²) in [7, 11) is 0. The molecular formula is C12H12N4O. The van der Waals surface area contributed by atoms with Crippen LogP contribution in [0.1, 0.15) is 11.6 Å². The Morgan fingerprint density at radius 3 is 3.18 bits per heavy atom. The molecule has 0 fully saturated rings. The second-order valence-electron chi connectivity index (χ2n) is 3.88. The van der Waals surface area contributed by atoms with Gasteiger partial charge in [0.1, 0.15) is 11.6 Å². The number of benzene rings is 1. The van der Waals surface area contributed by atoms with Gasteiger partial charge in [-0.2, -0.15) is 0 Å². The third kappa shape index (κ3) is 1.99. The number of nitrogens with one attached hydrogen (secondary N) is 2. The van der Waals surface area contributed by atoms with Crippen LogP contribution in [0.2, 0.25) is 0 Å². The molecule has 0 saturated heterocycles. The van der Waals surface area contributed by atoms with E-state index in [-0.39, 0.29) is 0 Å². The molecule has 0 aliphatic carbocycles. The predicted molar refractivity (Wildman–Crippen MR) is 64.7 cm³/mol. The van der Waals surface area contributed by atoms with Crippen molar-refractivity contribution in [1.29, 1.82) is 0 Å². The minimum atomic E-state index is 0.624. The minimum Gasteiger partial charge on any atom is -0.447 e. The average molecular weight is 228 g/mol. The summed E-state index contributed by atoms with van der Waals surface area (Å²) in [6, 6.07) is 6.02. The first-order valence-corrected chi connectivity index (χ1v) is 5.39. The molecule has 0 aliphatic rings. The van der Waals surface area contributed by atoms with Crippen LogP contribution in [0.15, 0.2) is 35.2 Å². The van der Waals surface area contributed by atoms with Gasteiger partial charge in [0.05, 0.1) is 23.8 Å². The highest BCUT2D eigenvalue weighted by Crippen LogP contribution is 2.17. The number of rotatable bonds is 3. The summed E-state index contributed by atoms with van der Waals surface area (Å²) in [6.07, 6.45) is 3.13. The highest BCUT2D eigenvalue weighted by molar-refractivity contribution is 5.79. The molecule has 0 unspecified atom stereocenters. The lowest BCUT2D eigenvalue weighted by molar-refractivity contribution is 0.512. The maximum atomic E-state index is 5.15. The molecule has 3 rings (SSSR count). The van der Waals surface area contributed by atoms with E-state index < -0.39 is 0 Å². The first kappa shape index (κ1) is 9.89. The number of nitrogens with zero attached hydrogens (tertiary/aromatic N) is 2. The quantitative estimate of drug-likeness (QED) is 0.722. The molecule has 0 atom stereocenters. The van der Waals surface area contributed by atoms with Gasteiger partial charge in [-0.1, -0.05) is 0 Å². The minimum absolute atomic E-state index is 0.624. The van der Waals surface area contributed by atoms with E-state index in [9.17, 15) is 0 Å². The number of hydrogen-bond donors (Lipinski definition) is 2. The van der Waals surface area contributed by atoms with Gasteiger partial charge in [0.2, 0.25) is 0 Å². The number of imidazole rings is 1. The molecule has 17 heavy (non-hydrogen) atoms. The van der Waals surface area contributed by atoms with E-state index in [1.54, 1.807) is 6.20 Å². The van der Waals surface area contributed by atoms with Crippen LogP contribution < -0.4 is 5.32 Å². The Morgan fingerprint density at radius 2 is 2.35 bits per heavy atom. The summed E-state index contributed by atoms with van der Waals surface area (Å²) in [6.45, 7) is 2.57. The van der Waals surface area contributed by atoms with Crippen LogP contribution in [0.5, 0.6) is 0 Å². The first-order chi connectivity index (χ1) is 8.31. The molecule has 3 aromatic rings. The summed E-state index contributed by atoms with van der Waals surface area (Å²) < 4.78 is 5.15. The zero-order valence-electron chi connectivity index (χ0n) is 9.40. The van der Waals surface area contributed by atoms with Gasteiger partial charge >= 0.3 is 0 Å². The Labute approximate surface area is 97.9 Å². The maximum Gasteiger partial charge on any atom is 0.180 e. The SMILES string of the molecule is Cc1nc2ccc(NCc3cnco3)cc2[nH]1. The summed E-state index contributed by atoms with van der Waals surface area (Å²) in [5, 5.41) is 3.27. The Hall–Kier alpha value is -2.30. The standard InChI is InChI=1S/C12H12N4O/c1-8-15-11-3-2-9(4-12(11)16-8)14-6-10-5-13-7-17-10/h2-5,7,14H,6H2,1H3,(H,15,16). The Bertz CT molecular complexity index is 627. The molecule has 2 heterocycles. The van der Waals surface area contributed by atoms with Gasteiger partial charge in [-0.15, -0.1) is 0 Å². The summed E-state index contributed by atoms with van der Waals surface area (Å²) in [4.78, 5) is 11.4. The van der Waals surface area contributed by atoms with E-state index >= 15 is 0 Å². The van der Waals surface area contributed by atoms with Crippen LogP contribution in [-0.4, -0.2) is 15.0 Å². The van der Waals surface area contributed by atoms with E-state index in [1.807, 2.05) is 25.1 Å². The molecule has 86 valence electrons. The van der Waals surface area contributed by atoms with Crippen LogP contribution in [-0.2, 0) is 6.54 Å². The first-order valence-electron chi connectivity index (χ1n) is 5.39. The third-order valence-corrected chi connectivity index (χ3v) is 2.55. The van der Waals surface area contributed by atoms with Crippen LogP contribution in [0.3, 0.4) is 0 Å². The molecule has 1 aromatic carbocycles. The van der Waals surface area contributed by atoms with Crippen LogP contribution in [0.25, 0.3) is 11.0 Å². The highest BCUT2D eigenvalue weighted by Gasteiger charge is 2.01. The van der Waals surface area contributed by atoms with Crippen LogP contribution >= 0.6 is 0 Å². The largest absolute Gasteiger partial charge is 0.447 e. The van der Waals surface area contributed by atoms with Crippen molar-refractivity contribution >= 4 is 16.7 Å². The van der Waals surface area contributed by atoms with Crippen molar-refractivity contribution < 1.29 is 4.42 Å². The number of anilines is 1. The molecule has 0 radical (unpaired) electrons. The lowest BCUT2D eigenvalue weighted by Crippen LogP contribution is -1.97. The number of H-pyrrole nitrogens is 1. The van der Waals surface area contributed by atoms with Gasteiger partial charge in [-0.3, -0.25) is 0 Å². The number of hydrogen-bond acceptors (Lipinski definition) is 4. The molecule has 2 aromatic heterocycles. The number of oxazole rings is 1. The van der Waals surface area contributed by atoms with E-state index in [1.165, 1.54) is 6.39 Å². The van der Waals surface area contributed by atoms with Gasteiger partial charge in [0, 0.05) is 5.69 Å². The number of fused-ring (bicyclic) bond motifs is 1. The molecule has 0 amide bonds. The van der Waals surface area contributed by atoms with E-state index in [4.69, 9.17) is 4.42 Å². The molecule has 2 N–H and O–H groups in total. The van der Waals surface area contributed by atoms with Crippen molar-refractivity contribution in [2.45, 2.75) is 13.5 Å². The Morgan fingerprint density at radius 1 is 1.41 bits per heavy atom. The zero-order chi connectivity index (χ0) is 11.7. The van der Waals surface area contributed by atoms with Gasteiger partial charge in [-0.05, 0) is 25.1 Å². The van der Waals surface area contributed by atoms with E-state index in [0.29, 0.717) is 6.54 Å². The Kier molecular flexibility index (Phi) is 2.29. The molecule has 0 aliphatic heterocycles. The fourth-order valence-corrected chi connectivity index (χ4v) is 1.77. The van der Waals surface area contributed by atoms with Gasteiger partial charge in [0.25, 0.3) is 0 Å². The smallest absolute Gasteiger partial charge is 0.180 e. The van der Waals surface area contributed by atoms with Gasteiger partial charge < -0.3 is 14.7 Å². The van der Waals surface area contributed by atoms with Crippen molar-refractivity contribution in [3.63, 3.8) is 0 Å². The summed E-state index contributed by atoms with van der Waals surface area (Å²) >= 11 is 0. The zero-order valence-corrected chi connectivity index (χ0v) is 9.40. The van der Waals surface area contributed by atoms with E-state index in [2.05, 4.69) is 20.3 Å². The van der Waals surface area contributed by atoms with Crippen molar-refractivity contribution in [2.75, 3.05) is 5.32 Å². The van der Waals surface area contributed by atoms with E-state index in [0.717, 1.165) is 28.3 Å². The van der Waals surface area contributed by atoms with Crippen molar-refractivity contribution in [1.82, 2.24) is 15.0 Å². The molecule has 0 spiro atoms. The lowest BCUT2D eigenvalue weighted by Gasteiger charge is -2.03. The summed E-state index contributed by atoms with van der Waals surface area (Å²) in [5.74, 6) is 1.73. The number of aryl methyl sites for hydroxylation is 1. The predicted octanol–water partition coefficient (Wildman–Crippen LogP) is 2.47. The molecule has 5 nitrogen and oxygen atoms in total. The topological polar surface area (TPSA) is 66.7 Å². The normalized spacial score (nSPS) is 10.9. The van der Waals surface area contributed by atoms with Gasteiger partial charge in [-0.25, -0.2) is 9.97 Å². The second kappa shape index (κ2) is 3.93. The molecule has 0 saturated carbocycles. The molecule has 5 heteroatoms. The average Bonchev–Trinajstić information content (AvgIpc) is 2.92. The lowest BCUT2D eigenvalue weighted by atomic mass is 10.2. The van der Waals surface area contributed by atoms with Crippen molar-refractivity contribution in [3.05, 3.63) is 42.4 Å². The number of aromatic amines is 1. The van der Waals surface area contributed by atoms with Crippen molar-refractivity contribution in [2.24, 2.45) is 0 Å². The van der Waals surface area contributed by atoms with Crippen LogP contribution in [0, 0.1) is 6.92 Å². The fraction of sp³-hybridized carbons (Fsp3) is 0.167. The van der Waals surface area contributed by atoms with Crippen molar-refractivity contribution in [3.8, 4) is 0 Å². The summed E-state index contributed by atoms with van der Waals surface area (Å²) in [5.41, 5.74) is 3.04. The fourth-order valence-electron chi connectivity index (χ4n) is 1.77.